The molecule has 0 spiro atoms. The van der Waals surface area contributed by atoms with Crippen LogP contribution in [0.5, 0.6) is 11.5 Å². The molecule has 0 aromatic heterocycles. The number of rotatable bonds is 5. The number of nitrogens with zero attached hydrogens (tertiary/aromatic N) is 1. The minimum Gasteiger partial charge on any atom is -0.504 e. The monoisotopic (exact) mass is 368 g/mol. The first-order valence-electron chi connectivity index (χ1n) is 9.41. The molecule has 2 aromatic rings. The van der Waals surface area contributed by atoms with Gasteiger partial charge >= 0.3 is 0 Å². The minimum atomic E-state index is -0.351. The maximum atomic E-state index is 13.2. The number of ether oxygens (including phenoxy) is 2. The van der Waals surface area contributed by atoms with Crippen LogP contribution in [0.15, 0.2) is 42.5 Å². The number of phenolic OH excluding ortho intramolecular Hbond substituents is 1. The van der Waals surface area contributed by atoms with Crippen molar-refractivity contribution in [3.05, 3.63) is 53.6 Å². The van der Waals surface area contributed by atoms with Crippen molar-refractivity contribution in [1.29, 1.82) is 0 Å². The van der Waals surface area contributed by atoms with E-state index >= 15 is 0 Å². The van der Waals surface area contributed by atoms with Crippen LogP contribution in [0.25, 0.3) is 0 Å². The summed E-state index contributed by atoms with van der Waals surface area (Å²) >= 11 is 0. The summed E-state index contributed by atoms with van der Waals surface area (Å²) < 4.78 is 11.3. The van der Waals surface area contributed by atoms with Gasteiger partial charge in [-0.3, -0.25) is 4.79 Å². The first kappa shape index (κ1) is 17.7. The van der Waals surface area contributed by atoms with Crippen molar-refractivity contribution in [2.24, 2.45) is 0 Å². The number of amides is 1. The number of carbonyl (C=O) groups is 1. The predicted octanol–water partition coefficient (Wildman–Crippen LogP) is 3.54. The molecule has 2 N–H and O–H groups in total. The summed E-state index contributed by atoms with van der Waals surface area (Å²) in [5.74, 6) is 0.491. The number of carbonyl (C=O) groups excluding carboxylic acids is 1. The number of fused-ring (bicyclic) bond motifs is 1. The molecule has 6 heteroatoms. The Bertz CT molecular complexity index is 833. The molecule has 27 heavy (non-hydrogen) atoms. The van der Waals surface area contributed by atoms with Gasteiger partial charge in [0.05, 0.1) is 18.3 Å². The molecule has 2 heterocycles. The van der Waals surface area contributed by atoms with Crippen LogP contribution in [0.3, 0.4) is 0 Å². The van der Waals surface area contributed by atoms with Crippen LogP contribution >= 0.6 is 0 Å². The highest BCUT2D eigenvalue weighted by molar-refractivity contribution is 6.01. The Hall–Kier alpha value is -2.73. The molecule has 2 atom stereocenters. The molecule has 0 saturated carbocycles. The zero-order valence-corrected chi connectivity index (χ0v) is 15.4. The van der Waals surface area contributed by atoms with Crippen molar-refractivity contribution in [2.75, 3.05) is 25.1 Å². The van der Waals surface area contributed by atoms with Gasteiger partial charge in [-0.25, -0.2) is 0 Å². The third-order valence-corrected chi connectivity index (χ3v) is 5.05. The second-order valence-corrected chi connectivity index (χ2v) is 6.85. The Morgan fingerprint density at radius 1 is 1.30 bits per heavy atom. The molecular formula is C21H24N2O4. The predicted molar refractivity (Wildman–Crippen MR) is 102 cm³/mol. The van der Waals surface area contributed by atoms with Crippen LogP contribution in [-0.2, 0) is 4.74 Å². The van der Waals surface area contributed by atoms with E-state index in [1.165, 1.54) is 0 Å². The van der Waals surface area contributed by atoms with Crippen LogP contribution in [0.4, 0.5) is 5.69 Å². The summed E-state index contributed by atoms with van der Waals surface area (Å²) in [6.45, 7) is 3.59. The van der Waals surface area contributed by atoms with Gasteiger partial charge in [0.2, 0.25) is 0 Å². The second-order valence-electron chi connectivity index (χ2n) is 6.85. The number of hydrogen-bond acceptors (Lipinski definition) is 5. The molecule has 142 valence electrons. The molecule has 2 aliphatic heterocycles. The van der Waals surface area contributed by atoms with Gasteiger partial charge in [0.1, 0.15) is 6.17 Å². The molecule has 4 rings (SSSR count). The Balaban J connectivity index is 1.71. The van der Waals surface area contributed by atoms with Gasteiger partial charge < -0.3 is 24.8 Å². The second kappa shape index (κ2) is 7.48. The van der Waals surface area contributed by atoms with Gasteiger partial charge in [0.25, 0.3) is 5.91 Å². The normalized spacial score (nSPS) is 21.7. The van der Waals surface area contributed by atoms with Gasteiger partial charge in [0.15, 0.2) is 11.5 Å². The quantitative estimate of drug-likeness (QED) is 0.845. The lowest BCUT2D eigenvalue weighted by atomic mass is 10.0. The van der Waals surface area contributed by atoms with E-state index in [2.05, 4.69) is 5.32 Å². The highest BCUT2D eigenvalue weighted by Gasteiger charge is 2.35. The van der Waals surface area contributed by atoms with Crippen LogP contribution in [0.1, 0.15) is 41.9 Å². The van der Waals surface area contributed by atoms with E-state index < -0.39 is 0 Å². The molecule has 0 radical (unpaired) electrons. The minimum absolute atomic E-state index is 0.0177. The first-order chi connectivity index (χ1) is 13.2. The SMILES string of the molecule is CCOc1cc(C2Nc3ccccc3C(=O)N2CC2CCCO2)ccc1O. The van der Waals surface area contributed by atoms with Crippen molar-refractivity contribution >= 4 is 11.6 Å². The van der Waals surface area contributed by atoms with Crippen molar-refractivity contribution in [3.63, 3.8) is 0 Å². The van der Waals surface area contributed by atoms with Crippen molar-refractivity contribution in [1.82, 2.24) is 4.90 Å². The highest BCUT2D eigenvalue weighted by Crippen LogP contribution is 2.37. The Kier molecular flexibility index (Phi) is 4.90. The summed E-state index contributed by atoms with van der Waals surface area (Å²) in [5, 5.41) is 13.5. The van der Waals surface area contributed by atoms with E-state index in [1.54, 1.807) is 12.1 Å². The smallest absolute Gasteiger partial charge is 0.257 e. The maximum Gasteiger partial charge on any atom is 0.257 e. The molecular weight excluding hydrogens is 344 g/mol. The fourth-order valence-corrected chi connectivity index (χ4v) is 3.72. The van der Waals surface area contributed by atoms with Gasteiger partial charge in [-0.1, -0.05) is 18.2 Å². The van der Waals surface area contributed by atoms with Gasteiger partial charge in [-0.15, -0.1) is 0 Å². The highest BCUT2D eigenvalue weighted by atomic mass is 16.5. The average Bonchev–Trinajstić information content (AvgIpc) is 3.19. The number of anilines is 1. The first-order valence-corrected chi connectivity index (χ1v) is 9.41. The standard InChI is InChI=1S/C21H24N2O4/c1-2-26-19-12-14(9-10-18(19)24)20-22-17-8-4-3-7-16(17)21(25)23(20)13-15-6-5-11-27-15/h3-4,7-10,12,15,20,22,24H,2,5-6,11,13H2,1H3. The number of nitrogens with one attached hydrogen (secondary N) is 1. The zero-order chi connectivity index (χ0) is 18.8. The van der Waals surface area contributed by atoms with E-state index in [4.69, 9.17) is 9.47 Å². The zero-order valence-electron chi connectivity index (χ0n) is 15.4. The average molecular weight is 368 g/mol. The van der Waals surface area contributed by atoms with E-state index in [9.17, 15) is 9.90 Å². The fourth-order valence-electron chi connectivity index (χ4n) is 3.72. The number of benzene rings is 2. The van der Waals surface area contributed by atoms with Crippen molar-refractivity contribution in [2.45, 2.75) is 32.0 Å². The summed E-state index contributed by atoms with van der Waals surface area (Å²) in [7, 11) is 0. The fraction of sp³-hybridized carbons (Fsp3) is 0.381. The Morgan fingerprint density at radius 2 is 2.15 bits per heavy atom. The van der Waals surface area contributed by atoms with Gasteiger partial charge in [0, 0.05) is 18.8 Å². The van der Waals surface area contributed by atoms with Crippen LogP contribution in [0, 0.1) is 0 Å². The lowest BCUT2D eigenvalue weighted by Gasteiger charge is -2.39. The Labute approximate surface area is 158 Å². The molecule has 0 bridgehead atoms. The summed E-state index contributed by atoms with van der Waals surface area (Å²) in [6, 6.07) is 12.8. The van der Waals surface area contributed by atoms with E-state index in [0.717, 1.165) is 30.7 Å². The molecule has 2 aromatic carbocycles. The van der Waals surface area contributed by atoms with E-state index in [1.807, 2.05) is 42.2 Å². The molecule has 0 aliphatic carbocycles. The molecule has 1 amide bonds. The summed E-state index contributed by atoms with van der Waals surface area (Å²) in [6.07, 6.45) is 1.68. The van der Waals surface area contributed by atoms with Crippen LogP contribution < -0.4 is 10.1 Å². The topological polar surface area (TPSA) is 71.0 Å². The molecule has 1 fully saturated rings. The number of aromatic hydroxyl groups is 1. The third-order valence-electron chi connectivity index (χ3n) is 5.05. The van der Waals surface area contributed by atoms with E-state index in [0.29, 0.717) is 24.5 Å². The lowest BCUT2D eigenvalue weighted by molar-refractivity contribution is 0.0426. The van der Waals surface area contributed by atoms with E-state index in [-0.39, 0.29) is 23.9 Å². The summed E-state index contributed by atoms with van der Waals surface area (Å²) in [4.78, 5) is 15.0. The maximum absolute atomic E-state index is 13.2. The molecule has 6 nitrogen and oxygen atoms in total. The third kappa shape index (κ3) is 3.45. The molecule has 2 aliphatic rings. The largest absolute Gasteiger partial charge is 0.504 e. The molecule has 2 unspecified atom stereocenters. The van der Waals surface area contributed by atoms with Gasteiger partial charge in [-0.2, -0.15) is 0 Å². The van der Waals surface area contributed by atoms with Crippen LogP contribution in [0.2, 0.25) is 0 Å². The van der Waals surface area contributed by atoms with Crippen molar-refractivity contribution < 1.29 is 19.4 Å². The lowest BCUT2D eigenvalue weighted by Crippen LogP contribution is -2.46. The number of para-hydroxylation sites is 1. The van der Waals surface area contributed by atoms with Crippen LogP contribution in [-0.4, -0.2) is 41.8 Å². The number of hydrogen-bond donors (Lipinski definition) is 2. The summed E-state index contributed by atoms with van der Waals surface area (Å²) in [5.41, 5.74) is 2.33. The van der Waals surface area contributed by atoms with Gasteiger partial charge in [-0.05, 0) is 49.6 Å². The number of phenols is 1. The molecule has 1 saturated heterocycles. The van der Waals surface area contributed by atoms with Crippen molar-refractivity contribution in [3.8, 4) is 11.5 Å². The Morgan fingerprint density at radius 3 is 2.93 bits per heavy atom.